The Labute approximate surface area is 127 Å². The fourth-order valence-corrected chi connectivity index (χ4v) is 2.21. The molecule has 2 aromatic carbocycles. The fraction of sp³-hybridized carbons (Fsp3) is 0.188. The molecule has 2 aromatic rings. The van der Waals surface area contributed by atoms with Crippen molar-refractivity contribution >= 4 is 23.2 Å². The first-order chi connectivity index (χ1) is 9.95. The van der Waals surface area contributed by atoms with Crippen LogP contribution in [-0.4, -0.2) is 11.9 Å². The molecule has 110 valence electrons. The summed E-state index contributed by atoms with van der Waals surface area (Å²) in [6, 6.07) is 11.5. The summed E-state index contributed by atoms with van der Waals surface area (Å²) >= 11 is 5.84. The van der Waals surface area contributed by atoms with E-state index in [9.17, 15) is 9.18 Å². The molecule has 0 radical (unpaired) electrons. The number of primary amides is 1. The van der Waals surface area contributed by atoms with E-state index < -0.39 is 11.7 Å². The topological polar surface area (TPSA) is 55.1 Å². The highest BCUT2D eigenvalue weighted by Gasteiger charge is 2.10. The van der Waals surface area contributed by atoms with Gasteiger partial charge in [0.25, 0.3) is 0 Å². The lowest BCUT2D eigenvalue weighted by molar-refractivity contribution is 0.100. The predicted molar refractivity (Wildman–Crippen MR) is 83.2 cm³/mol. The Morgan fingerprint density at radius 1 is 1.29 bits per heavy atom. The van der Waals surface area contributed by atoms with Crippen LogP contribution in [0.4, 0.5) is 10.1 Å². The van der Waals surface area contributed by atoms with Gasteiger partial charge in [-0.3, -0.25) is 4.79 Å². The monoisotopic (exact) mass is 306 g/mol. The van der Waals surface area contributed by atoms with Gasteiger partial charge in [0.05, 0.1) is 5.69 Å². The number of hydrogen-bond donors (Lipinski definition) is 2. The minimum atomic E-state index is -0.580. The number of nitrogens with two attached hydrogens (primary N) is 1. The van der Waals surface area contributed by atoms with Crippen LogP contribution >= 0.6 is 11.6 Å². The summed E-state index contributed by atoms with van der Waals surface area (Å²) in [5.74, 6) is -0.994. The molecule has 3 nitrogen and oxygen atoms in total. The molecule has 0 aliphatic heterocycles. The molecule has 1 atom stereocenters. The molecule has 0 aromatic heterocycles. The lowest BCUT2D eigenvalue weighted by Gasteiger charge is -2.16. The van der Waals surface area contributed by atoms with Crippen LogP contribution in [-0.2, 0) is 6.42 Å². The molecule has 2 rings (SSSR count). The molecule has 0 aliphatic rings. The largest absolute Gasteiger partial charge is 0.380 e. The summed E-state index contributed by atoms with van der Waals surface area (Å²) in [7, 11) is 0. The summed E-state index contributed by atoms with van der Waals surface area (Å²) in [5.41, 5.74) is 6.83. The number of rotatable bonds is 5. The number of halogens is 2. The summed E-state index contributed by atoms with van der Waals surface area (Å²) < 4.78 is 13.8. The molecule has 0 saturated heterocycles. The van der Waals surface area contributed by atoms with E-state index in [0.717, 1.165) is 5.56 Å². The van der Waals surface area contributed by atoms with E-state index in [-0.39, 0.29) is 17.3 Å². The van der Waals surface area contributed by atoms with Gasteiger partial charge in [-0.05, 0) is 49.2 Å². The van der Waals surface area contributed by atoms with E-state index in [1.54, 1.807) is 0 Å². The third kappa shape index (κ3) is 4.20. The van der Waals surface area contributed by atoms with Crippen molar-refractivity contribution in [2.45, 2.75) is 19.4 Å². The molecule has 0 aliphatic carbocycles. The van der Waals surface area contributed by atoms with Crippen molar-refractivity contribution in [2.75, 3.05) is 5.32 Å². The number of amides is 1. The van der Waals surface area contributed by atoms with Crippen molar-refractivity contribution < 1.29 is 9.18 Å². The zero-order valence-corrected chi connectivity index (χ0v) is 12.3. The second-order valence-corrected chi connectivity index (χ2v) is 5.37. The fourth-order valence-electron chi connectivity index (χ4n) is 2.08. The van der Waals surface area contributed by atoms with E-state index in [1.807, 2.05) is 31.2 Å². The Balaban J connectivity index is 2.08. The quantitative estimate of drug-likeness (QED) is 0.886. The highest BCUT2D eigenvalue weighted by atomic mass is 35.5. The van der Waals surface area contributed by atoms with Gasteiger partial charge < -0.3 is 11.1 Å². The highest BCUT2D eigenvalue weighted by Crippen LogP contribution is 2.18. The molecule has 1 amide bonds. The van der Waals surface area contributed by atoms with Crippen LogP contribution in [0.5, 0.6) is 0 Å². The van der Waals surface area contributed by atoms with Gasteiger partial charge in [-0.25, -0.2) is 4.39 Å². The number of nitrogens with one attached hydrogen (secondary N) is 1. The zero-order valence-electron chi connectivity index (χ0n) is 11.6. The van der Waals surface area contributed by atoms with Crippen LogP contribution in [0.15, 0.2) is 42.5 Å². The molecule has 0 saturated carbocycles. The number of carbonyl (C=O) groups excluding carboxylic acids is 1. The van der Waals surface area contributed by atoms with Gasteiger partial charge in [-0.1, -0.05) is 23.7 Å². The van der Waals surface area contributed by atoms with Gasteiger partial charge in [0.1, 0.15) is 5.82 Å². The molecule has 21 heavy (non-hydrogen) atoms. The van der Waals surface area contributed by atoms with Crippen LogP contribution in [0, 0.1) is 5.82 Å². The minimum absolute atomic E-state index is 0.0104. The van der Waals surface area contributed by atoms with Crippen LogP contribution in [0.2, 0.25) is 5.02 Å². The maximum atomic E-state index is 13.8. The smallest absolute Gasteiger partial charge is 0.248 e. The summed E-state index contributed by atoms with van der Waals surface area (Å²) in [4.78, 5) is 11.1. The summed E-state index contributed by atoms with van der Waals surface area (Å²) in [5, 5.41) is 3.73. The lowest BCUT2D eigenvalue weighted by atomic mass is 10.1. The predicted octanol–water partition coefficient (Wildman–Crippen LogP) is 3.62. The molecule has 0 heterocycles. The number of anilines is 1. The maximum absolute atomic E-state index is 13.8. The van der Waals surface area contributed by atoms with Crippen molar-refractivity contribution in [2.24, 2.45) is 5.73 Å². The molecule has 0 spiro atoms. The van der Waals surface area contributed by atoms with Gasteiger partial charge in [-0.2, -0.15) is 0 Å². The van der Waals surface area contributed by atoms with E-state index >= 15 is 0 Å². The molecule has 0 fully saturated rings. The highest BCUT2D eigenvalue weighted by molar-refractivity contribution is 6.30. The van der Waals surface area contributed by atoms with Crippen LogP contribution in [0.25, 0.3) is 0 Å². The summed E-state index contributed by atoms with van der Waals surface area (Å²) in [6.07, 6.45) is 0.706. The summed E-state index contributed by atoms with van der Waals surface area (Å²) in [6.45, 7) is 1.94. The third-order valence-electron chi connectivity index (χ3n) is 3.11. The van der Waals surface area contributed by atoms with Crippen LogP contribution in [0.1, 0.15) is 22.8 Å². The third-order valence-corrected chi connectivity index (χ3v) is 3.36. The standard InChI is InChI=1S/C16H16ClFN2O/c1-10(8-11-2-5-13(17)6-3-11)20-15-9-12(16(19)21)4-7-14(15)18/h2-7,9-10,20H,8H2,1H3,(H2,19,21). The first kappa shape index (κ1) is 15.3. The second-order valence-electron chi connectivity index (χ2n) is 4.93. The molecule has 0 bridgehead atoms. The minimum Gasteiger partial charge on any atom is -0.380 e. The van der Waals surface area contributed by atoms with Crippen molar-refractivity contribution in [1.82, 2.24) is 0 Å². The van der Waals surface area contributed by atoms with E-state index in [0.29, 0.717) is 11.4 Å². The first-order valence-corrected chi connectivity index (χ1v) is 6.94. The lowest BCUT2D eigenvalue weighted by Crippen LogP contribution is -2.20. The van der Waals surface area contributed by atoms with Gasteiger partial charge in [0, 0.05) is 16.6 Å². The van der Waals surface area contributed by atoms with Gasteiger partial charge in [0.2, 0.25) is 5.91 Å². The number of benzene rings is 2. The normalized spacial score (nSPS) is 12.0. The first-order valence-electron chi connectivity index (χ1n) is 6.56. The Kier molecular flexibility index (Phi) is 4.81. The van der Waals surface area contributed by atoms with Crippen molar-refractivity contribution in [3.05, 3.63) is 64.4 Å². The van der Waals surface area contributed by atoms with Crippen molar-refractivity contribution in [1.29, 1.82) is 0 Å². The van der Waals surface area contributed by atoms with E-state index in [4.69, 9.17) is 17.3 Å². The van der Waals surface area contributed by atoms with Gasteiger partial charge in [-0.15, -0.1) is 0 Å². The number of carbonyl (C=O) groups is 1. The van der Waals surface area contributed by atoms with Crippen molar-refractivity contribution in [3.8, 4) is 0 Å². The second kappa shape index (κ2) is 6.59. The number of hydrogen-bond acceptors (Lipinski definition) is 2. The molecule has 5 heteroatoms. The van der Waals surface area contributed by atoms with E-state index in [2.05, 4.69) is 5.32 Å². The average Bonchev–Trinajstić information content (AvgIpc) is 2.43. The van der Waals surface area contributed by atoms with E-state index in [1.165, 1.54) is 18.2 Å². The van der Waals surface area contributed by atoms with Gasteiger partial charge >= 0.3 is 0 Å². The maximum Gasteiger partial charge on any atom is 0.248 e. The Morgan fingerprint density at radius 3 is 2.57 bits per heavy atom. The molecule has 3 N–H and O–H groups in total. The molecular weight excluding hydrogens is 291 g/mol. The van der Waals surface area contributed by atoms with Crippen LogP contribution < -0.4 is 11.1 Å². The van der Waals surface area contributed by atoms with Crippen LogP contribution in [0.3, 0.4) is 0 Å². The van der Waals surface area contributed by atoms with Gasteiger partial charge in [0.15, 0.2) is 0 Å². The van der Waals surface area contributed by atoms with Crippen molar-refractivity contribution in [3.63, 3.8) is 0 Å². The average molecular weight is 307 g/mol. The Hall–Kier alpha value is -2.07. The Morgan fingerprint density at radius 2 is 1.95 bits per heavy atom. The molecular formula is C16H16ClFN2O. The Bertz CT molecular complexity index is 643. The zero-order chi connectivity index (χ0) is 15.4. The SMILES string of the molecule is CC(Cc1ccc(Cl)cc1)Nc1cc(C(N)=O)ccc1F. The molecule has 1 unspecified atom stereocenters.